The van der Waals surface area contributed by atoms with Crippen LogP contribution in [-0.2, 0) is 0 Å². The molecule has 0 unspecified atom stereocenters. The molecule has 2 N–H and O–H groups in total. The average Bonchev–Trinajstić information content (AvgIpc) is 2.41. The van der Waals surface area contributed by atoms with Crippen molar-refractivity contribution in [2.45, 2.75) is 25.3 Å². The van der Waals surface area contributed by atoms with Crippen LogP contribution in [0, 0.1) is 0 Å². The first-order valence-corrected chi connectivity index (χ1v) is 6.09. The van der Waals surface area contributed by atoms with Gasteiger partial charge in [-0.25, -0.2) is 4.98 Å². The number of Topliss-reactive ketones (excluding diaryl/α,β-unsaturated/α-hetero) is 1. The summed E-state index contributed by atoms with van der Waals surface area (Å²) in [6.07, 6.45) is 8.33. The van der Waals surface area contributed by atoms with E-state index in [2.05, 4.69) is 20.6 Å². The van der Waals surface area contributed by atoms with Crippen molar-refractivity contribution in [3.05, 3.63) is 24.3 Å². The van der Waals surface area contributed by atoms with E-state index in [0.29, 0.717) is 18.3 Å². The predicted octanol–water partition coefficient (Wildman–Crippen LogP) is 0.391. The number of piperidine rings is 1. The summed E-state index contributed by atoms with van der Waals surface area (Å²) in [7, 11) is 0. The van der Waals surface area contributed by atoms with E-state index < -0.39 is 0 Å². The summed E-state index contributed by atoms with van der Waals surface area (Å²) in [6, 6.07) is 0.499. The van der Waals surface area contributed by atoms with E-state index in [9.17, 15) is 4.79 Å². The quantitative estimate of drug-likeness (QED) is 0.721. The number of ketones is 1. The summed E-state index contributed by atoms with van der Waals surface area (Å²) in [6.45, 7) is 2.26. The second-order valence-corrected chi connectivity index (χ2v) is 4.29. The number of carbonyl (C=O) groups is 1. The third-order valence-electron chi connectivity index (χ3n) is 2.94. The molecule has 0 bridgehead atoms. The van der Waals surface area contributed by atoms with Crippen molar-refractivity contribution >= 4 is 5.78 Å². The summed E-state index contributed by atoms with van der Waals surface area (Å²) in [5, 5.41) is 6.60. The van der Waals surface area contributed by atoms with Gasteiger partial charge in [-0.05, 0) is 19.4 Å². The Morgan fingerprint density at radius 3 is 3.12 bits per heavy atom. The molecule has 0 saturated carbocycles. The molecule has 0 aliphatic carbocycles. The second-order valence-electron chi connectivity index (χ2n) is 4.29. The molecule has 1 aromatic heterocycles. The molecule has 0 spiro atoms. The van der Waals surface area contributed by atoms with E-state index in [4.69, 9.17) is 0 Å². The number of hydrogen-bond donors (Lipinski definition) is 2. The third kappa shape index (κ3) is 3.87. The fourth-order valence-electron chi connectivity index (χ4n) is 1.99. The molecule has 1 saturated heterocycles. The number of nitrogens with zero attached hydrogens (tertiary/aromatic N) is 2. The molecule has 92 valence electrons. The molecule has 0 aromatic carbocycles. The molecule has 0 amide bonds. The van der Waals surface area contributed by atoms with E-state index in [-0.39, 0.29) is 5.78 Å². The SMILES string of the molecule is O=C(CNC[C@H]1CCCCN1)c1cnccn1. The molecule has 5 nitrogen and oxygen atoms in total. The minimum Gasteiger partial charge on any atom is -0.313 e. The highest BCUT2D eigenvalue weighted by atomic mass is 16.1. The highest BCUT2D eigenvalue weighted by Crippen LogP contribution is 2.05. The third-order valence-corrected chi connectivity index (χ3v) is 2.94. The van der Waals surface area contributed by atoms with Crippen molar-refractivity contribution in [3.63, 3.8) is 0 Å². The zero-order chi connectivity index (χ0) is 11.9. The highest BCUT2D eigenvalue weighted by molar-refractivity contribution is 5.95. The largest absolute Gasteiger partial charge is 0.313 e. The van der Waals surface area contributed by atoms with Crippen LogP contribution in [0.3, 0.4) is 0 Å². The Kier molecular flexibility index (Phi) is 4.58. The molecule has 0 radical (unpaired) electrons. The number of aromatic nitrogens is 2. The van der Waals surface area contributed by atoms with Crippen LogP contribution in [0.2, 0.25) is 0 Å². The Balaban J connectivity index is 1.69. The lowest BCUT2D eigenvalue weighted by Crippen LogP contribution is -2.42. The molecule has 1 fully saturated rings. The van der Waals surface area contributed by atoms with Crippen molar-refractivity contribution in [3.8, 4) is 0 Å². The maximum absolute atomic E-state index is 11.7. The standard InChI is InChI=1S/C12H18N4O/c17-12(11-8-13-5-6-16-11)9-14-7-10-3-1-2-4-15-10/h5-6,8,10,14-15H,1-4,7,9H2/t10-/m1/s1. The van der Waals surface area contributed by atoms with Crippen molar-refractivity contribution in [2.75, 3.05) is 19.6 Å². The highest BCUT2D eigenvalue weighted by Gasteiger charge is 2.13. The first-order valence-electron chi connectivity index (χ1n) is 6.09. The fourth-order valence-corrected chi connectivity index (χ4v) is 1.99. The van der Waals surface area contributed by atoms with Crippen LogP contribution in [0.4, 0.5) is 0 Å². The summed E-state index contributed by atoms with van der Waals surface area (Å²) < 4.78 is 0. The zero-order valence-corrected chi connectivity index (χ0v) is 9.85. The molecule has 1 aliphatic heterocycles. The minimum absolute atomic E-state index is 0.00564. The van der Waals surface area contributed by atoms with Crippen LogP contribution < -0.4 is 10.6 Å². The second kappa shape index (κ2) is 6.42. The van der Waals surface area contributed by atoms with Gasteiger partial charge in [0.1, 0.15) is 5.69 Å². The predicted molar refractivity (Wildman–Crippen MR) is 64.9 cm³/mol. The number of rotatable bonds is 5. The maximum atomic E-state index is 11.7. The molecule has 1 aromatic rings. The molecule has 17 heavy (non-hydrogen) atoms. The lowest BCUT2D eigenvalue weighted by molar-refractivity contribution is 0.0985. The van der Waals surface area contributed by atoms with Crippen LogP contribution >= 0.6 is 0 Å². The van der Waals surface area contributed by atoms with Gasteiger partial charge in [0.25, 0.3) is 0 Å². The smallest absolute Gasteiger partial charge is 0.196 e. The number of hydrogen-bond acceptors (Lipinski definition) is 5. The van der Waals surface area contributed by atoms with Crippen LogP contribution in [-0.4, -0.2) is 41.4 Å². The van der Waals surface area contributed by atoms with E-state index in [1.165, 1.54) is 31.7 Å². The topological polar surface area (TPSA) is 66.9 Å². The van der Waals surface area contributed by atoms with E-state index in [0.717, 1.165) is 13.1 Å². The average molecular weight is 234 g/mol. The van der Waals surface area contributed by atoms with Gasteiger partial charge in [0, 0.05) is 25.0 Å². The lowest BCUT2D eigenvalue weighted by atomic mass is 10.1. The Morgan fingerprint density at radius 1 is 1.47 bits per heavy atom. The van der Waals surface area contributed by atoms with Gasteiger partial charge >= 0.3 is 0 Å². The van der Waals surface area contributed by atoms with Gasteiger partial charge < -0.3 is 10.6 Å². The van der Waals surface area contributed by atoms with Crippen molar-refractivity contribution in [1.29, 1.82) is 0 Å². The van der Waals surface area contributed by atoms with Crippen LogP contribution in [0.15, 0.2) is 18.6 Å². The molecular weight excluding hydrogens is 216 g/mol. The normalized spacial score (nSPS) is 20.1. The van der Waals surface area contributed by atoms with E-state index in [1.54, 1.807) is 6.20 Å². The van der Waals surface area contributed by atoms with Gasteiger partial charge in [0.05, 0.1) is 12.7 Å². The first-order chi connectivity index (χ1) is 8.36. The van der Waals surface area contributed by atoms with E-state index in [1.807, 2.05) is 0 Å². The Labute approximate surface area is 101 Å². The molecule has 2 heterocycles. The van der Waals surface area contributed by atoms with Gasteiger partial charge in [0.15, 0.2) is 5.78 Å². The monoisotopic (exact) mass is 234 g/mol. The maximum Gasteiger partial charge on any atom is 0.196 e. The van der Waals surface area contributed by atoms with E-state index >= 15 is 0 Å². The van der Waals surface area contributed by atoms with Crippen molar-refractivity contribution < 1.29 is 4.79 Å². The Morgan fingerprint density at radius 2 is 2.41 bits per heavy atom. The minimum atomic E-state index is -0.00564. The summed E-state index contributed by atoms with van der Waals surface area (Å²) in [5.74, 6) is -0.00564. The van der Waals surface area contributed by atoms with Crippen LogP contribution in [0.5, 0.6) is 0 Å². The van der Waals surface area contributed by atoms with Gasteiger partial charge in [-0.3, -0.25) is 9.78 Å². The molecule has 5 heteroatoms. The number of nitrogens with one attached hydrogen (secondary N) is 2. The number of carbonyl (C=O) groups excluding carboxylic acids is 1. The zero-order valence-electron chi connectivity index (χ0n) is 9.85. The summed E-state index contributed by atoms with van der Waals surface area (Å²) in [4.78, 5) is 19.6. The fraction of sp³-hybridized carbons (Fsp3) is 0.583. The summed E-state index contributed by atoms with van der Waals surface area (Å²) in [5.41, 5.74) is 0.427. The Bertz CT molecular complexity index is 349. The molecule has 2 rings (SSSR count). The van der Waals surface area contributed by atoms with Gasteiger partial charge in [0.2, 0.25) is 0 Å². The van der Waals surface area contributed by atoms with Gasteiger partial charge in [-0.15, -0.1) is 0 Å². The van der Waals surface area contributed by atoms with Crippen LogP contribution in [0.25, 0.3) is 0 Å². The molecule has 1 aliphatic rings. The summed E-state index contributed by atoms with van der Waals surface area (Å²) >= 11 is 0. The first kappa shape index (κ1) is 12.1. The van der Waals surface area contributed by atoms with Gasteiger partial charge in [-0.2, -0.15) is 0 Å². The Hall–Kier alpha value is -1.33. The molecule has 1 atom stereocenters. The van der Waals surface area contributed by atoms with Gasteiger partial charge in [-0.1, -0.05) is 6.42 Å². The van der Waals surface area contributed by atoms with Crippen molar-refractivity contribution in [1.82, 2.24) is 20.6 Å². The van der Waals surface area contributed by atoms with Crippen molar-refractivity contribution in [2.24, 2.45) is 0 Å². The lowest BCUT2D eigenvalue weighted by Gasteiger charge is -2.23. The van der Waals surface area contributed by atoms with Crippen LogP contribution in [0.1, 0.15) is 29.8 Å². The molecular formula is C12H18N4O.